The third-order valence-corrected chi connectivity index (χ3v) is 4.64. The van der Waals surface area contributed by atoms with Crippen LogP contribution in [0.4, 0.5) is 0 Å². The Kier molecular flexibility index (Phi) is 4.45. The Hall–Kier alpha value is -1.10. The lowest BCUT2D eigenvalue weighted by molar-refractivity contribution is -0.148. The smallest absolute Gasteiger partial charge is 0.329 e. The van der Waals surface area contributed by atoms with E-state index in [9.17, 15) is 14.7 Å². The fourth-order valence-corrected chi connectivity index (χ4v) is 3.36. The predicted molar refractivity (Wildman–Crippen MR) is 71.5 cm³/mol. The number of aliphatic carboxylic acids is 1. The minimum atomic E-state index is -1.04. The van der Waals surface area contributed by atoms with Crippen molar-refractivity contribution >= 4 is 11.9 Å². The van der Waals surface area contributed by atoms with Crippen molar-refractivity contribution in [3.63, 3.8) is 0 Å². The summed E-state index contributed by atoms with van der Waals surface area (Å²) in [6.45, 7) is 0. The maximum atomic E-state index is 12.4. The van der Waals surface area contributed by atoms with Gasteiger partial charge in [-0.3, -0.25) is 4.79 Å². The number of nitrogens with two attached hydrogens (primary N) is 1. The summed E-state index contributed by atoms with van der Waals surface area (Å²) in [5, 5.41) is 12.2. The molecule has 2 saturated carbocycles. The van der Waals surface area contributed by atoms with E-state index in [0.717, 1.165) is 44.9 Å². The molecular formula is C14H24N2O3. The molecule has 0 aromatic heterocycles. The van der Waals surface area contributed by atoms with Crippen molar-refractivity contribution in [1.29, 1.82) is 0 Å². The first-order valence-electron chi connectivity index (χ1n) is 7.36. The van der Waals surface area contributed by atoms with E-state index >= 15 is 0 Å². The molecule has 0 saturated heterocycles. The second-order valence-electron chi connectivity index (χ2n) is 5.99. The minimum absolute atomic E-state index is 0.130. The monoisotopic (exact) mass is 268 g/mol. The zero-order valence-electron chi connectivity index (χ0n) is 11.4. The molecule has 2 atom stereocenters. The number of carboxylic acids is 1. The molecule has 2 rings (SSSR count). The Bertz CT molecular complexity index is 351. The van der Waals surface area contributed by atoms with E-state index in [2.05, 4.69) is 5.32 Å². The average molecular weight is 268 g/mol. The molecule has 2 unspecified atom stereocenters. The molecule has 2 aliphatic rings. The molecule has 0 bridgehead atoms. The number of hydrogen-bond donors (Lipinski definition) is 3. The maximum Gasteiger partial charge on any atom is 0.329 e. The van der Waals surface area contributed by atoms with E-state index < -0.39 is 11.5 Å². The van der Waals surface area contributed by atoms with Crippen molar-refractivity contribution in [2.75, 3.05) is 0 Å². The lowest BCUT2D eigenvalue weighted by atomic mass is 9.91. The number of rotatable bonds is 3. The van der Waals surface area contributed by atoms with Crippen LogP contribution in [0.1, 0.15) is 57.8 Å². The third-order valence-electron chi connectivity index (χ3n) is 4.64. The molecule has 19 heavy (non-hydrogen) atoms. The molecule has 0 spiro atoms. The van der Waals surface area contributed by atoms with Gasteiger partial charge in [0.1, 0.15) is 5.54 Å². The van der Waals surface area contributed by atoms with Gasteiger partial charge in [0.25, 0.3) is 0 Å². The highest BCUT2D eigenvalue weighted by molar-refractivity contribution is 5.88. The standard InChI is InChI=1S/C14H24N2O3/c15-11-7-3-1-2-6-10(11)12(17)16-14(13(18)19)8-4-5-9-14/h10-11H,1-9,15H2,(H,16,17)(H,18,19). The molecule has 0 aromatic rings. The molecule has 0 aromatic carbocycles. The van der Waals surface area contributed by atoms with E-state index in [1.165, 1.54) is 0 Å². The molecule has 0 heterocycles. The summed E-state index contributed by atoms with van der Waals surface area (Å²) in [6, 6.07) is -0.130. The first kappa shape index (κ1) is 14.3. The van der Waals surface area contributed by atoms with Gasteiger partial charge < -0.3 is 16.2 Å². The van der Waals surface area contributed by atoms with Crippen LogP contribution in [0, 0.1) is 5.92 Å². The second-order valence-corrected chi connectivity index (χ2v) is 5.99. The highest BCUT2D eigenvalue weighted by atomic mass is 16.4. The number of amides is 1. The zero-order chi connectivity index (χ0) is 13.9. The normalized spacial score (nSPS) is 30.6. The highest BCUT2D eigenvalue weighted by Crippen LogP contribution is 2.31. The van der Waals surface area contributed by atoms with Crippen LogP contribution in [0.15, 0.2) is 0 Å². The quantitative estimate of drug-likeness (QED) is 0.675. The zero-order valence-corrected chi connectivity index (χ0v) is 11.4. The van der Waals surface area contributed by atoms with Gasteiger partial charge in [-0.1, -0.05) is 32.1 Å². The SMILES string of the molecule is NC1CCCCCC1C(=O)NC1(C(=O)O)CCCC1. The Morgan fingerprint density at radius 2 is 1.68 bits per heavy atom. The first-order chi connectivity index (χ1) is 9.05. The summed E-state index contributed by atoms with van der Waals surface area (Å²) in [4.78, 5) is 23.8. The molecule has 0 aliphatic heterocycles. The van der Waals surface area contributed by atoms with Gasteiger partial charge in [-0.15, -0.1) is 0 Å². The number of carbonyl (C=O) groups is 2. The van der Waals surface area contributed by atoms with Gasteiger partial charge in [-0.05, 0) is 25.7 Å². The predicted octanol–water partition coefficient (Wildman–Crippen LogP) is 1.41. The van der Waals surface area contributed by atoms with Crippen LogP contribution in [0.2, 0.25) is 0 Å². The summed E-state index contributed by atoms with van der Waals surface area (Å²) < 4.78 is 0. The lowest BCUT2D eigenvalue weighted by Crippen LogP contribution is -2.56. The van der Waals surface area contributed by atoms with Gasteiger partial charge in [-0.25, -0.2) is 4.79 Å². The molecule has 5 nitrogen and oxygen atoms in total. The summed E-state index contributed by atoms with van der Waals surface area (Å²) in [7, 11) is 0. The van der Waals surface area contributed by atoms with Crippen LogP contribution >= 0.6 is 0 Å². The summed E-state index contributed by atoms with van der Waals surface area (Å²) in [6.07, 6.45) is 7.63. The molecule has 4 N–H and O–H groups in total. The van der Waals surface area contributed by atoms with Crippen LogP contribution in [-0.4, -0.2) is 28.6 Å². The Labute approximate surface area is 113 Å². The number of carboxylic acid groups (broad SMARTS) is 1. The van der Waals surface area contributed by atoms with Crippen molar-refractivity contribution in [2.45, 2.75) is 69.4 Å². The molecule has 0 radical (unpaired) electrons. The number of carbonyl (C=O) groups excluding carboxylic acids is 1. The van der Waals surface area contributed by atoms with Gasteiger partial charge in [0.2, 0.25) is 5.91 Å². The largest absolute Gasteiger partial charge is 0.480 e. The molecule has 5 heteroatoms. The van der Waals surface area contributed by atoms with Crippen molar-refractivity contribution in [1.82, 2.24) is 5.32 Å². The maximum absolute atomic E-state index is 12.4. The van der Waals surface area contributed by atoms with Crippen molar-refractivity contribution in [2.24, 2.45) is 11.7 Å². The van der Waals surface area contributed by atoms with E-state index in [0.29, 0.717) is 12.8 Å². The summed E-state index contributed by atoms with van der Waals surface area (Å²) >= 11 is 0. The fraction of sp³-hybridized carbons (Fsp3) is 0.857. The Morgan fingerprint density at radius 1 is 1.05 bits per heavy atom. The molecular weight excluding hydrogens is 244 g/mol. The fourth-order valence-electron chi connectivity index (χ4n) is 3.36. The topological polar surface area (TPSA) is 92.4 Å². The Morgan fingerprint density at radius 3 is 2.32 bits per heavy atom. The van der Waals surface area contributed by atoms with Gasteiger partial charge in [0, 0.05) is 6.04 Å². The first-order valence-corrected chi connectivity index (χ1v) is 7.36. The molecule has 108 valence electrons. The van der Waals surface area contributed by atoms with Crippen LogP contribution in [0.3, 0.4) is 0 Å². The minimum Gasteiger partial charge on any atom is -0.480 e. The van der Waals surface area contributed by atoms with Gasteiger partial charge in [0.05, 0.1) is 5.92 Å². The van der Waals surface area contributed by atoms with Crippen LogP contribution < -0.4 is 11.1 Å². The van der Waals surface area contributed by atoms with Gasteiger partial charge >= 0.3 is 5.97 Å². The number of hydrogen-bond acceptors (Lipinski definition) is 3. The van der Waals surface area contributed by atoms with E-state index in [1.807, 2.05) is 0 Å². The van der Waals surface area contributed by atoms with E-state index in [4.69, 9.17) is 5.73 Å². The summed E-state index contributed by atoms with van der Waals surface area (Å²) in [5.74, 6) is -1.28. The number of nitrogens with one attached hydrogen (secondary N) is 1. The average Bonchev–Trinajstić information content (AvgIpc) is 2.72. The molecule has 2 fully saturated rings. The third kappa shape index (κ3) is 3.08. The van der Waals surface area contributed by atoms with Crippen LogP contribution in [0.25, 0.3) is 0 Å². The summed E-state index contributed by atoms with van der Waals surface area (Å²) in [5.41, 5.74) is 5.03. The van der Waals surface area contributed by atoms with Crippen molar-refractivity contribution < 1.29 is 14.7 Å². The second kappa shape index (κ2) is 5.90. The van der Waals surface area contributed by atoms with Crippen molar-refractivity contribution in [3.05, 3.63) is 0 Å². The highest BCUT2D eigenvalue weighted by Gasteiger charge is 2.44. The Balaban J connectivity index is 2.04. The van der Waals surface area contributed by atoms with Crippen LogP contribution in [0.5, 0.6) is 0 Å². The van der Waals surface area contributed by atoms with E-state index in [-0.39, 0.29) is 17.9 Å². The molecule has 2 aliphatic carbocycles. The lowest BCUT2D eigenvalue weighted by Gasteiger charge is -2.29. The molecule has 1 amide bonds. The van der Waals surface area contributed by atoms with Gasteiger partial charge in [0.15, 0.2) is 0 Å². The van der Waals surface area contributed by atoms with E-state index in [1.54, 1.807) is 0 Å². The van der Waals surface area contributed by atoms with Crippen LogP contribution in [-0.2, 0) is 9.59 Å². The van der Waals surface area contributed by atoms with Gasteiger partial charge in [-0.2, -0.15) is 0 Å². The van der Waals surface area contributed by atoms with Crippen molar-refractivity contribution in [3.8, 4) is 0 Å².